The molecule has 2 N–H and O–H groups in total. The molecule has 0 spiro atoms. The third-order valence-corrected chi connectivity index (χ3v) is 6.05. The number of hydrogen-bond acceptors (Lipinski definition) is 4. The monoisotopic (exact) mass is 442 g/mol. The Balaban J connectivity index is 1.50. The molecule has 4 rings (SSSR count). The summed E-state index contributed by atoms with van der Waals surface area (Å²) in [5.74, 6) is -1.94. The van der Waals surface area contributed by atoms with Gasteiger partial charge in [-0.2, -0.15) is 0 Å². The smallest absolute Gasteiger partial charge is 0.273 e. The second-order valence-electron chi connectivity index (χ2n) is 7.39. The third kappa shape index (κ3) is 4.77. The molecule has 1 heterocycles. The molecule has 1 aromatic heterocycles. The van der Waals surface area contributed by atoms with Crippen LogP contribution in [0, 0.1) is 18.6 Å². The van der Waals surface area contributed by atoms with E-state index in [2.05, 4.69) is 15.6 Å². The molecule has 1 saturated carbocycles. The molecule has 2 amide bonds. The average Bonchev–Trinajstić information content (AvgIpc) is 3.46. The fourth-order valence-electron chi connectivity index (χ4n) is 2.94. The van der Waals surface area contributed by atoms with E-state index in [1.54, 1.807) is 25.2 Å². The van der Waals surface area contributed by atoms with Gasteiger partial charge >= 0.3 is 0 Å². The fraction of sp³-hybridized carbons (Fsp3) is 0.227. The SMILES string of the molecule is Cc1ccc(C(=O)NC2CC2)cc1NC(=O)c1cnc(Sc2ccc(F)cc2F)n1C. The normalized spacial score (nSPS) is 13.2. The highest BCUT2D eigenvalue weighted by Gasteiger charge is 2.24. The summed E-state index contributed by atoms with van der Waals surface area (Å²) in [5, 5.41) is 6.12. The Labute approximate surface area is 182 Å². The summed E-state index contributed by atoms with van der Waals surface area (Å²) in [7, 11) is 1.64. The van der Waals surface area contributed by atoms with Gasteiger partial charge in [-0.05, 0) is 61.4 Å². The van der Waals surface area contributed by atoms with Crippen molar-refractivity contribution >= 4 is 29.3 Å². The number of halogens is 2. The van der Waals surface area contributed by atoms with Gasteiger partial charge in [0.1, 0.15) is 17.3 Å². The maximum Gasteiger partial charge on any atom is 0.273 e. The van der Waals surface area contributed by atoms with Crippen LogP contribution < -0.4 is 10.6 Å². The summed E-state index contributed by atoms with van der Waals surface area (Å²) >= 11 is 0.992. The number of rotatable bonds is 6. The molecular formula is C22H20F2N4O2S. The molecule has 0 atom stereocenters. The van der Waals surface area contributed by atoms with Crippen molar-refractivity contribution in [2.24, 2.45) is 7.05 Å². The highest BCUT2D eigenvalue weighted by Crippen LogP contribution is 2.30. The first kappa shape index (κ1) is 21.0. The van der Waals surface area contributed by atoms with Crippen LogP contribution in [0.15, 0.2) is 52.6 Å². The molecule has 0 saturated heterocycles. The summed E-state index contributed by atoms with van der Waals surface area (Å²) in [4.78, 5) is 29.5. The number of aromatic nitrogens is 2. The third-order valence-electron chi connectivity index (χ3n) is 4.93. The first-order chi connectivity index (χ1) is 14.8. The van der Waals surface area contributed by atoms with Crippen molar-refractivity contribution < 1.29 is 18.4 Å². The van der Waals surface area contributed by atoms with Crippen LogP contribution in [0.5, 0.6) is 0 Å². The number of carbonyl (C=O) groups is 2. The van der Waals surface area contributed by atoms with Gasteiger partial charge in [0.05, 0.1) is 11.1 Å². The molecule has 9 heteroatoms. The molecule has 6 nitrogen and oxygen atoms in total. The Kier molecular flexibility index (Phi) is 5.77. The van der Waals surface area contributed by atoms with Gasteiger partial charge in [0, 0.05) is 30.4 Å². The molecule has 1 fully saturated rings. The van der Waals surface area contributed by atoms with E-state index in [4.69, 9.17) is 0 Å². The lowest BCUT2D eigenvalue weighted by atomic mass is 10.1. The predicted octanol–water partition coefficient (Wildman–Crippen LogP) is 4.30. The number of carbonyl (C=O) groups excluding carboxylic acids is 2. The minimum absolute atomic E-state index is 0.168. The molecule has 3 aromatic rings. The Morgan fingerprint density at radius 2 is 1.90 bits per heavy atom. The number of hydrogen-bond donors (Lipinski definition) is 2. The van der Waals surface area contributed by atoms with Crippen molar-refractivity contribution in [1.82, 2.24) is 14.9 Å². The Hall–Kier alpha value is -3.20. The molecule has 0 aliphatic heterocycles. The summed E-state index contributed by atoms with van der Waals surface area (Å²) in [5.41, 5.74) is 2.06. The lowest BCUT2D eigenvalue weighted by Crippen LogP contribution is -2.25. The molecule has 1 aliphatic carbocycles. The second-order valence-corrected chi connectivity index (χ2v) is 8.40. The summed E-state index contributed by atoms with van der Waals surface area (Å²) in [6, 6.07) is 8.67. The van der Waals surface area contributed by atoms with Gasteiger partial charge in [-0.3, -0.25) is 9.59 Å². The van der Waals surface area contributed by atoms with Gasteiger partial charge in [-0.15, -0.1) is 0 Å². The van der Waals surface area contributed by atoms with E-state index in [0.29, 0.717) is 16.4 Å². The molecule has 1 aliphatic rings. The van der Waals surface area contributed by atoms with E-state index in [-0.39, 0.29) is 22.5 Å². The zero-order chi connectivity index (χ0) is 22.1. The van der Waals surface area contributed by atoms with Crippen molar-refractivity contribution in [3.8, 4) is 0 Å². The zero-order valence-corrected chi connectivity index (χ0v) is 17.7. The average molecular weight is 442 g/mol. The first-order valence-electron chi connectivity index (χ1n) is 9.69. The van der Waals surface area contributed by atoms with E-state index in [1.165, 1.54) is 16.8 Å². The van der Waals surface area contributed by atoms with Gasteiger partial charge in [0.25, 0.3) is 11.8 Å². The maximum absolute atomic E-state index is 13.9. The van der Waals surface area contributed by atoms with Crippen LogP contribution in [-0.2, 0) is 7.05 Å². The van der Waals surface area contributed by atoms with Gasteiger partial charge in [0.15, 0.2) is 5.16 Å². The number of anilines is 1. The largest absolute Gasteiger partial charge is 0.349 e. The Morgan fingerprint density at radius 3 is 2.61 bits per heavy atom. The van der Waals surface area contributed by atoms with E-state index in [1.807, 2.05) is 6.92 Å². The zero-order valence-electron chi connectivity index (χ0n) is 16.9. The Bertz CT molecular complexity index is 1170. The minimum Gasteiger partial charge on any atom is -0.349 e. The highest BCUT2D eigenvalue weighted by atomic mass is 32.2. The van der Waals surface area contributed by atoms with E-state index in [0.717, 1.165) is 42.3 Å². The van der Waals surface area contributed by atoms with Crippen LogP contribution in [0.1, 0.15) is 39.3 Å². The second kappa shape index (κ2) is 8.50. The van der Waals surface area contributed by atoms with Crippen molar-refractivity contribution in [3.63, 3.8) is 0 Å². The molecule has 31 heavy (non-hydrogen) atoms. The van der Waals surface area contributed by atoms with Crippen molar-refractivity contribution in [3.05, 3.63) is 71.1 Å². The number of aryl methyl sites for hydroxylation is 1. The summed E-state index contributed by atoms with van der Waals surface area (Å²) < 4.78 is 28.6. The van der Waals surface area contributed by atoms with Crippen LogP contribution in [-0.4, -0.2) is 27.4 Å². The fourth-order valence-corrected chi connectivity index (χ4v) is 3.77. The number of nitrogens with one attached hydrogen (secondary N) is 2. The molecule has 0 radical (unpaired) electrons. The van der Waals surface area contributed by atoms with Crippen LogP contribution in [0.3, 0.4) is 0 Å². The number of imidazole rings is 1. The van der Waals surface area contributed by atoms with Gasteiger partial charge < -0.3 is 15.2 Å². The first-order valence-corrected chi connectivity index (χ1v) is 10.5. The van der Waals surface area contributed by atoms with E-state index in [9.17, 15) is 18.4 Å². The van der Waals surface area contributed by atoms with Crippen molar-refractivity contribution in [2.45, 2.75) is 35.9 Å². The number of nitrogens with zero attached hydrogens (tertiary/aromatic N) is 2. The quantitative estimate of drug-likeness (QED) is 0.597. The van der Waals surface area contributed by atoms with E-state index < -0.39 is 17.5 Å². The van der Waals surface area contributed by atoms with Crippen LogP contribution in [0.25, 0.3) is 0 Å². The Morgan fingerprint density at radius 1 is 1.13 bits per heavy atom. The summed E-state index contributed by atoms with van der Waals surface area (Å²) in [6.45, 7) is 1.83. The van der Waals surface area contributed by atoms with Crippen LogP contribution in [0.2, 0.25) is 0 Å². The van der Waals surface area contributed by atoms with Gasteiger partial charge in [-0.1, -0.05) is 6.07 Å². The topological polar surface area (TPSA) is 76.0 Å². The van der Waals surface area contributed by atoms with Crippen LogP contribution >= 0.6 is 11.8 Å². The molecular weight excluding hydrogens is 422 g/mol. The molecule has 0 bridgehead atoms. The van der Waals surface area contributed by atoms with Crippen molar-refractivity contribution in [1.29, 1.82) is 0 Å². The standard InChI is InChI=1S/C22H20F2N4O2S/c1-12-3-4-13(20(29)26-15-6-7-15)9-17(12)27-21(30)18-11-25-22(28(18)2)31-19-8-5-14(23)10-16(19)24/h3-5,8-11,15H,6-7H2,1-2H3,(H,26,29)(H,27,30). The lowest BCUT2D eigenvalue weighted by molar-refractivity contribution is 0.0949. The molecule has 160 valence electrons. The molecule has 2 aromatic carbocycles. The van der Waals surface area contributed by atoms with Gasteiger partial charge in [0.2, 0.25) is 0 Å². The van der Waals surface area contributed by atoms with Crippen LogP contribution in [0.4, 0.5) is 14.5 Å². The maximum atomic E-state index is 13.9. The van der Waals surface area contributed by atoms with Crippen molar-refractivity contribution in [2.75, 3.05) is 5.32 Å². The number of benzene rings is 2. The predicted molar refractivity (Wildman–Crippen MR) is 113 cm³/mol. The highest BCUT2D eigenvalue weighted by molar-refractivity contribution is 7.99. The van der Waals surface area contributed by atoms with Gasteiger partial charge in [-0.25, -0.2) is 13.8 Å². The van der Waals surface area contributed by atoms with E-state index >= 15 is 0 Å². The summed E-state index contributed by atoms with van der Waals surface area (Å²) in [6.07, 6.45) is 3.37. The molecule has 0 unspecified atom stereocenters. The lowest BCUT2D eigenvalue weighted by Gasteiger charge is -2.11. The minimum atomic E-state index is -0.698. The number of amides is 2.